The lowest BCUT2D eigenvalue weighted by molar-refractivity contribution is -0.0232. The third-order valence-corrected chi connectivity index (χ3v) is 5.24. The number of hydrogen-bond acceptors (Lipinski definition) is 4. The second-order valence-corrected chi connectivity index (χ2v) is 7.82. The third kappa shape index (κ3) is 5.55. The predicted octanol–water partition coefficient (Wildman–Crippen LogP) is 5.71. The molecule has 0 radical (unpaired) electrons. The normalized spacial score (nSPS) is 11.6. The van der Waals surface area contributed by atoms with Gasteiger partial charge in [-0.2, -0.15) is 8.78 Å². The lowest BCUT2D eigenvalue weighted by Crippen LogP contribution is -2.15. The van der Waals surface area contributed by atoms with Gasteiger partial charge in [-0.1, -0.05) is 51.0 Å². The highest BCUT2D eigenvalue weighted by molar-refractivity contribution is 5.94. The first-order valence-electron chi connectivity index (χ1n) is 10.9. The van der Waals surface area contributed by atoms with Gasteiger partial charge in [-0.05, 0) is 30.5 Å². The zero-order chi connectivity index (χ0) is 23.1. The lowest BCUT2D eigenvalue weighted by atomic mass is 10.0. The average molecular weight is 443 g/mol. The van der Waals surface area contributed by atoms with Crippen LogP contribution >= 0.6 is 0 Å². The van der Waals surface area contributed by atoms with E-state index in [0.717, 1.165) is 24.8 Å². The predicted molar refractivity (Wildman–Crippen MR) is 118 cm³/mol. The van der Waals surface area contributed by atoms with Crippen LogP contribution in [0.25, 0.3) is 11.3 Å². The highest BCUT2D eigenvalue weighted by atomic mass is 19.3. The van der Waals surface area contributed by atoms with E-state index in [-0.39, 0.29) is 12.0 Å². The quantitative estimate of drug-likeness (QED) is 0.385. The SMILES string of the molecule is CCCCCc1nc(C(F)(F)CCC)nn1Cc1ccc(-c2ncccc2C(=O)O)cc1. The highest BCUT2D eigenvalue weighted by Gasteiger charge is 2.36. The molecule has 2 heterocycles. The van der Waals surface area contributed by atoms with Crippen molar-refractivity contribution < 1.29 is 18.7 Å². The van der Waals surface area contributed by atoms with Crippen molar-refractivity contribution in [3.63, 3.8) is 0 Å². The summed E-state index contributed by atoms with van der Waals surface area (Å²) < 4.78 is 30.4. The molecular weight excluding hydrogens is 414 g/mol. The maximum Gasteiger partial charge on any atom is 0.337 e. The van der Waals surface area contributed by atoms with Crippen molar-refractivity contribution in [3.8, 4) is 11.3 Å². The number of alkyl halides is 2. The number of rotatable bonds is 11. The van der Waals surface area contributed by atoms with Crippen molar-refractivity contribution in [1.82, 2.24) is 19.7 Å². The minimum atomic E-state index is -3.05. The summed E-state index contributed by atoms with van der Waals surface area (Å²) in [6.45, 7) is 4.11. The number of carbonyl (C=O) groups is 1. The summed E-state index contributed by atoms with van der Waals surface area (Å²) in [5, 5.41) is 13.5. The monoisotopic (exact) mass is 442 g/mol. The molecule has 0 spiro atoms. The summed E-state index contributed by atoms with van der Waals surface area (Å²) in [6.07, 6.45) is 5.10. The number of hydrogen-bond donors (Lipinski definition) is 1. The summed E-state index contributed by atoms with van der Waals surface area (Å²) in [7, 11) is 0. The summed E-state index contributed by atoms with van der Waals surface area (Å²) in [5.41, 5.74) is 2.03. The molecular formula is C24H28F2N4O2. The number of carboxylic acid groups (broad SMARTS) is 1. The molecule has 0 aliphatic rings. The molecule has 6 nitrogen and oxygen atoms in total. The Morgan fingerprint density at radius 3 is 2.50 bits per heavy atom. The number of benzene rings is 1. The molecule has 0 saturated carbocycles. The Bertz CT molecular complexity index is 1050. The van der Waals surface area contributed by atoms with E-state index >= 15 is 0 Å². The van der Waals surface area contributed by atoms with E-state index in [9.17, 15) is 18.7 Å². The first-order valence-corrected chi connectivity index (χ1v) is 10.9. The van der Waals surface area contributed by atoms with Crippen molar-refractivity contribution in [1.29, 1.82) is 0 Å². The average Bonchev–Trinajstić information content (AvgIpc) is 3.18. The van der Waals surface area contributed by atoms with E-state index in [2.05, 4.69) is 22.0 Å². The van der Waals surface area contributed by atoms with E-state index in [1.54, 1.807) is 36.0 Å². The van der Waals surface area contributed by atoms with Gasteiger partial charge in [0.15, 0.2) is 0 Å². The topological polar surface area (TPSA) is 80.9 Å². The fourth-order valence-corrected chi connectivity index (χ4v) is 3.55. The fraction of sp³-hybridized carbons (Fsp3) is 0.417. The molecule has 0 aliphatic carbocycles. The van der Waals surface area contributed by atoms with Crippen LogP contribution < -0.4 is 0 Å². The zero-order valence-electron chi connectivity index (χ0n) is 18.4. The zero-order valence-corrected chi connectivity index (χ0v) is 18.4. The number of nitrogens with zero attached hydrogens (tertiary/aromatic N) is 4. The van der Waals surface area contributed by atoms with Crippen LogP contribution in [0.5, 0.6) is 0 Å². The summed E-state index contributed by atoms with van der Waals surface area (Å²) in [5.74, 6) is -3.94. The molecule has 8 heteroatoms. The largest absolute Gasteiger partial charge is 0.478 e. The molecule has 0 saturated heterocycles. The molecule has 0 fully saturated rings. The molecule has 0 bridgehead atoms. The van der Waals surface area contributed by atoms with Crippen LogP contribution in [0.1, 0.15) is 73.5 Å². The number of carboxylic acids is 1. The Morgan fingerprint density at radius 1 is 1.09 bits per heavy atom. The highest BCUT2D eigenvalue weighted by Crippen LogP contribution is 2.31. The molecule has 3 rings (SSSR count). The number of pyridine rings is 1. The van der Waals surface area contributed by atoms with E-state index in [1.807, 2.05) is 12.1 Å². The summed E-state index contributed by atoms with van der Waals surface area (Å²) in [6, 6.07) is 10.3. The molecule has 32 heavy (non-hydrogen) atoms. The van der Waals surface area contributed by atoms with Gasteiger partial charge in [0.25, 0.3) is 0 Å². The maximum atomic E-state index is 14.4. The number of aromatic nitrogens is 4. The number of aryl methyl sites for hydroxylation is 1. The fourth-order valence-electron chi connectivity index (χ4n) is 3.55. The van der Waals surface area contributed by atoms with Gasteiger partial charge in [-0.15, -0.1) is 5.10 Å². The van der Waals surface area contributed by atoms with Crippen LogP contribution in [0, 0.1) is 0 Å². The van der Waals surface area contributed by atoms with E-state index in [0.29, 0.717) is 36.5 Å². The van der Waals surface area contributed by atoms with Gasteiger partial charge >= 0.3 is 11.9 Å². The van der Waals surface area contributed by atoms with Gasteiger partial charge < -0.3 is 5.11 Å². The molecule has 2 aromatic heterocycles. The molecule has 1 N–H and O–H groups in total. The van der Waals surface area contributed by atoms with Gasteiger partial charge in [0.2, 0.25) is 5.82 Å². The Morgan fingerprint density at radius 2 is 1.84 bits per heavy atom. The Hall–Kier alpha value is -3.16. The second kappa shape index (κ2) is 10.4. The molecule has 0 unspecified atom stereocenters. The van der Waals surface area contributed by atoms with Crippen molar-refractivity contribution in [2.75, 3.05) is 0 Å². The van der Waals surface area contributed by atoms with Crippen molar-refractivity contribution >= 4 is 5.97 Å². The lowest BCUT2D eigenvalue weighted by Gasteiger charge is -2.10. The molecule has 0 atom stereocenters. The Balaban J connectivity index is 1.86. The summed E-state index contributed by atoms with van der Waals surface area (Å²) in [4.78, 5) is 19.8. The molecule has 170 valence electrons. The van der Waals surface area contributed by atoms with E-state index < -0.39 is 17.7 Å². The minimum Gasteiger partial charge on any atom is -0.478 e. The number of unbranched alkanes of at least 4 members (excludes halogenated alkanes) is 2. The van der Waals surface area contributed by atoms with Crippen LogP contribution in [-0.4, -0.2) is 30.8 Å². The number of aromatic carboxylic acids is 1. The standard InChI is InChI=1S/C24H28F2N4O2/c1-3-5-6-9-20-28-23(24(25,26)14-4-2)29-30(20)16-17-10-12-18(13-11-17)21-19(22(31)32)8-7-15-27-21/h7-8,10-13,15H,3-6,9,14,16H2,1-2H3,(H,31,32). The van der Waals surface area contributed by atoms with Gasteiger partial charge in [-0.25, -0.2) is 14.5 Å². The second-order valence-electron chi connectivity index (χ2n) is 7.82. The molecule has 1 aromatic carbocycles. The first kappa shape index (κ1) is 23.5. The van der Waals surface area contributed by atoms with Crippen LogP contribution in [-0.2, 0) is 18.9 Å². The van der Waals surface area contributed by atoms with Gasteiger partial charge in [-0.3, -0.25) is 4.98 Å². The number of halogens is 2. The maximum absolute atomic E-state index is 14.4. The van der Waals surface area contributed by atoms with Crippen LogP contribution in [0.3, 0.4) is 0 Å². The molecule has 3 aromatic rings. The van der Waals surface area contributed by atoms with Gasteiger partial charge in [0.05, 0.1) is 17.8 Å². The first-order chi connectivity index (χ1) is 15.4. The van der Waals surface area contributed by atoms with Gasteiger partial charge in [0, 0.05) is 24.6 Å². The van der Waals surface area contributed by atoms with E-state index in [4.69, 9.17) is 0 Å². The smallest absolute Gasteiger partial charge is 0.337 e. The van der Waals surface area contributed by atoms with Crippen molar-refractivity contribution in [2.24, 2.45) is 0 Å². The summed E-state index contributed by atoms with van der Waals surface area (Å²) >= 11 is 0. The Labute approximate surface area is 186 Å². The van der Waals surface area contributed by atoms with Crippen LogP contribution in [0.4, 0.5) is 8.78 Å². The minimum absolute atomic E-state index is 0.123. The molecule has 0 aliphatic heterocycles. The van der Waals surface area contributed by atoms with Crippen LogP contribution in [0.15, 0.2) is 42.6 Å². The van der Waals surface area contributed by atoms with Gasteiger partial charge in [0.1, 0.15) is 5.82 Å². The van der Waals surface area contributed by atoms with Crippen LogP contribution in [0.2, 0.25) is 0 Å². The Kier molecular flexibility index (Phi) is 7.66. The third-order valence-electron chi connectivity index (χ3n) is 5.24. The van der Waals surface area contributed by atoms with E-state index in [1.165, 1.54) is 6.07 Å². The molecule has 0 amide bonds. The van der Waals surface area contributed by atoms with Crippen molar-refractivity contribution in [2.45, 2.75) is 64.8 Å². The van der Waals surface area contributed by atoms with Crippen molar-refractivity contribution in [3.05, 3.63) is 65.4 Å².